The summed E-state index contributed by atoms with van der Waals surface area (Å²) in [5, 5.41) is 8.00. The molecule has 2 rings (SSSR count). The number of alkyl carbamates (subject to hydrolysis) is 1. The summed E-state index contributed by atoms with van der Waals surface area (Å²) in [5.74, 6) is -1.95. The summed E-state index contributed by atoms with van der Waals surface area (Å²) in [5.41, 5.74) is 1.04. The molecule has 0 spiro atoms. The van der Waals surface area contributed by atoms with Crippen LogP contribution >= 0.6 is 0 Å². The van der Waals surface area contributed by atoms with Crippen molar-refractivity contribution >= 4 is 29.8 Å². The van der Waals surface area contributed by atoms with Gasteiger partial charge in [-0.1, -0.05) is 60.7 Å². The van der Waals surface area contributed by atoms with E-state index in [1.807, 2.05) is 60.7 Å². The zero-order chi connectivity index (χ0) is 35.2. The van der Waals surface area contributed by atoms with Gasteiger partial charge in [0.05, 0.1) is 19.8 Å². The van der Waals surface area contributed by atoms with Gasteiger partial charge in [-0.05, 0) is 51.7 Å². The molecule has 2 aromatic carbocycles. The lowest BCUT2D eigenvalue weighted by Crippen LogP contribution is -2.43. The molecule has 0 aliphatic carbocycles. The van der Waals surface area contributed by atoms with Crippen molar-refractivity contribution < 1.29 is 47.7 Å². The predicted molar refractivity (Wildman–Crippen MR) is 176 cm³/mol. The van der Waals surface area contributed by atoms with Crippen molar-refractivity contribution in [1.82, 2.24) is 16.0 Å². The molecule has 0 saturated heterocycles. The standard InChI is InChI=1S/C35H49N3O10/c1-26(37-31(40)25-45-22-21-44-20-19-36-34(43)48-35(2,3)4)15-17-30(39)38-29(33(42)47-24-28-13-9-6-10-14-28)16-18-32(41)46-23-27-11-7-5-8-12-27/h5-14,26,29H,15-25H2,1-4H3,(H,36,43)(H,37,40)(H,38,39). The minimum Gasteiger partial charge on any atom is -0.461 e. The fourth-order valence-corrected chi connectivity index (χ4v) is 4.08. The first-order valence-electron chi connectivity index (χ1n) is 16.0. The zero-order valence-electron chi connectivity index (χ0n) is 28.3. The first-order chi connectivity index (χ1) is 22.9. The number of hydrogen-bond donors (Lipinski definition) is 3. The number of amides is 3. The largest absolute Gasteiger partial charge is 0.461 e. The number of esters is 2. The normalized spacial score (nSPS) is 12.2. The molecule has 48 heavy (non-hydrogen) atoms. The van der Waals surface area contributed by atoms with E-state index in [1.165, 1.54) is 0 Å². The summed E-state index contributed by atoms with van der Waals surface area (Å²) in [7, 11) is 0. The van der Waals surface area contributed by atoms with E-state index >= 15 is 0 Å². The summed E-state index contributed by atoms with van der Waals surface area (Å²) in [6, 6.07) is 16.9. The van der Waals surface area contributed by atoms with Crippen molar-refractivity contribution in [2.24, 2.45) is 0 Å². The van der Waals surface area contributed by atoms with Crippen LogP contribution in [-0.4, -0.2) is 80.5 Å². The third-order valence-corrected chi connectivity index (χ3v) is 6.46. The number of nitrogens with one attached hydrogen (secondary N) is 3. The van der Waals surface area contributed by atoms with Gasteiger partial charge in [0.2, 0.25) is 11.8 Å². The minimum atomic E-state index is -1.06. The smallest absolute Gasteiger partial charge is 0.407 e. The molecule has 0 aromatic heterocycles. The highest BCUT2D eigenvalue weighted by Gasteiger charge is 2.24. The molecule has 0 bridgehead atoms. The Hall–Kier alpha value is -4.49. The SMILES string of the molecule is CC(CCC(=O)NC(CCC(=O)OCc1ccccc1)C(=O)OCc1ccccc1)NC(=O)COCCOCCNC(=O)OC(C)(C)C. The first-order valence-corrected chi connectivity index (χ1v) is 16.0. The molecular weight excluding hydrogens is 622 g/mol. The molecule has 0 aliphatic heterocycles. The molecule has 0 fully saturated rings. The van der Waals surface area contributed by atoms with E-state index in [2.05, 4.69) is 16.0 Å². The minimum absolute atomic E-state index is 0.000577. The number of rotatable bonds is 21. The average Bonchev–Trinajstić information content (AvgIpc) is 3.05. The van der Waals surface area contributed by atoms with Crippen molar-refractivity contribution in [2.45, 2.75) is 84.3 Å². The third kappa shape index (κ3) is 19.2. The van der Waals surface area contributed by atoms with Crippen LogP contribution in [0.4, 0.5) is 4.79 Å². The maximum atomic E-state index is 12.9. The van der Waals surface area contributed by atoms with E-state index in [1.54, 1.807) is 27.7 Å². The highest BCUT2D eigenvalue weighted by molar-refractivity contribution is 5.85. The van der Waals surface area contributed by atoms with Crippen LogP contribution < -0.4 is 16.0 Å². The highest BCUT2D eigenvalue weighted by Crippen LogP contribution is 2.09. The van der Waals surface area contributed by atoms with Crippen LogP contribution in [0, 0.1) is 0 Å². The number of benzene rings is 2. The Balaban J connectivity index is 1.69. The molecule has 3 N–H and O–H groups in total. The second-order valence-corrected chi connectivity index (χ2v) is 12.0. The highest BCUT2D eigenvalue weighted by atomic mass is 16.6. The zero-order valence-corrected chi connectivity index (χ0v) is 28.3. The van der Waals surface area contributed by atoms with Crippen molar-refractivity contribution in [3.63, 3.8) is 0 Å². The van der Waals surface area contributed by atoms with Gasteiger partial charge in [0.15, 0.2) is 0 Å². The van der Waals surface area contributed by atoms with Crippen molar-refractivity contribution in [1.29, 1.82) is 0 Å². The van der Waals surface area contributed by atoms with Gasteiger partial charge in [0.25, 0.3) is 0 Å². The molecule has 3 amide bonds. The third-order valence-electron chi connectivity index (χ3n) is 6.46. The summed E-state index contributed by atoms with van der Waals surface area (Å²) in [6.45, 7) is 7.96. The van der Waals surface area contributed by atoms with Gasteiger partial charge < -0.3 is 39.6 Å². The molecule has 264 valence electrons. The number of carbonyl (C=O) groups excluding carboxylic acids is 5. The van der Waals surface area contributed by atoms with Crippen LogP contribution in [0.3, 0.4) is 0 Å². The Morgan fingerprint density at radius 2 is 1.31 bits per heavy atom. The van der Waals surface area contributed by atoms with E-state index in [0.29, 0.717) is 6.42 Å². The molecule has 0 radical (unpaired) electrons. The van der Waals surface area contributed by atoms with Gasteiger partial charge in [-0.3, -0.25) is 14.4 Å². The fraction of sp³-hybridized carbons (Fsp3) is 0.514. The van der Waals surface area contributed by atoms with Crippen LogP contribution in [0.5, 0.6) is 0 Å². The molecule has 2 aromatic rings. The Bertz CT molecular complexity index is 1270. The van der Waals surface area contributed by atoms with Crippen LogP contribution in [0.25, 0.3) is 0 Å². The van der Waals surface area contributed by atoms with Gasteiger partial charge in [0, 0.05) is 25.4 Å². The van der Waals surface area contributed by atoms with Gasteiger partial charge >= 0.3 is 18.0 Å². The number of carbonyl (C=O) groups is 5. The van der Waals surface area contributed by atoms with Crippen LogP contribution in [0.15, 0.2) is 60.7 Å². The van der Waals surface area contributed by atoms with E-state index in [-0.39, 0.29) is 77.4 Å². The molecule has 13 heteroatoms. The van der Waals surface area contributed by atoms with Crippen molar-refractivity contribution in [3.8, 4) is 0 Å². The van der Waals surface area contributed by atoms with E-state index in [0.717, 1.165) is 11.1 Å². The Labute approximate surface area is 282 Å². The summed E-state index contributed by atoms with van der Waals surface area (Å²) >= 11 is 0. The molecule has 0 saturated carbocycles. The maximum absolute atomic E-state index is 12.9. The maximum Gasteiger partial charge on any atom is 0.407 e. The van der Waals surface area contributed by atoms with Gasteiger partial charge in [-0.15, -0.1) is 0 Å². The second kappa shape index (κ2) is 22.1. The molecule has 13 nitrogen and oxygen atoms in total. The summed E-state index contributed by atoms with van der Waals surface area (Å²) in [4.78, 5) is 61.9. The van der Waals surface area contributed by atoms with Crippen LogP contribution in [0.2, 0.25) is 0 Å². The molecule has 2 unspecified atom stereocenters. The Morgan fingerprint density at radius 3 is 1.94 bits per heavy atom. The first kappa shape index (κ1) is 39.7. The van der Waals surface area contributed by atoms with Gasteiger partial charge in [0.1, 0.15) is 31.5 Å². The summed E-state index contributed by atoms with van der Waals surface area (Å²) in [6.07, 6.45) is -0.298. The lowest BCUT2D eigenvalue weighted by molar-refractivity contribution is -0.150. The Kier molecular flexibility index (Phi) is 18.3. The molecule has 0 heterocycles. The van der Waals surface area contributed by atoms with Gasteiger partial charge in [-0.25, -0.2) is 9.59 Å². The van der Waals surface area contributed by atoms with Crippen molar-refractivity contribution in [2.75, 3.05) is 33.0 Å². The molecule has 0 aliphatic rings. The number of hydrogen-bond acceptors (Lipinski definition) is 10. The lowest BCUT2D eigenvalue weighted by atomic mass is 10.1. The number of ether oxygens (including phenoxy) is 5. The van der Waals surface area contributed by atoms with E-state index in [9.17, 15) is 24.0 Å². The van der Waals surface area contributed by atoms with Crippen LogP contribution in [0.1, 0.15) is 64.5 Å². The summed E-state index contributed by atoms with van der Waals surface area (Å²) < 4.78 is 26.5. The topological polar surface area (TPSA) is 168 Å². The second-order valence-electron chi connectivity index (χ2n) is 12.0. The Morgan fingerprint density at radius 1 is 0.708 bits per heavy atom. The molecular formula is C35H49N3O10. The monoisotopic (exact) mass is 671 g/mol. The van der Waals surface area contributed by atoms with Crippen molar-refractivity contribution in [3.05, 3.63) is 71.8 Å². The van der Waals surface area contributed by atoms with Crippen LogP contribution in [-0.2, 0) is 56.1 Å². The average molecular weight is 672 g/mol. The molecule has 2 atom stereocenters. The fourth-order valence-electron chi connectivity index (χ4n) is 4.08. The quantitative estimate of drug-likeness (QED) is 0.101. The lowest BCUT2D eigenvalue weighted by Gasteiger charge is -2.19. The van der Waals surface area contributed by atoms with Gasteiger partial charge in [-0.2, -0.15) is 0 Å². The van der Waals surface area contributed by atoms with E-state index < -0.39 is 35.6 Å². The predicted octanol–water partition coefficient (Wildman–Crippen LogP) is 3.58. The van der Waals surface area contributed by atoms with E-state index in [4.69, 9.17) is 23.7 Å².